The summed E-state index contributed by atoms with van der Waals surface area (Å²) in [5, 5.41) is 5.06. The Balaban J connectivity index is 2.05. The molecule has 0 fully saturated rings. The van der Waals surface area contributed by atoms with Gasteiger partial charge < -0.3 is 10.1 Å². The number of halogens is 3. The Morgan fingerprint density at radius 1 is 1.00 bits per heavy atom. The van der Waals surface area contributed by atoms with E-state index in [4.69, 9.17) is 39.5 Å². The van der Waals surface area contributed by atoms with Gasteiger partial charge in [0.05, 0.1) is 16.7 Å². The zero-order valence-electron chi connectivity index (χ0n) is 11.6. The summed E-state index contributed by atoms with van der Waals surface area (Å²) in [7, 11) is 0. The maximum atomic E-state index is 6.22. The highest BCUT2D eigenvalue weighted by atomic mass is 35.5. The van der Waals surface area contributed by atoms with E-state index in [-0.39, 0.29) is 0 Å². The Morgan fingerprint density at radius 2 is 1.62 bits per heavy atom. The van der Waals surface area contributed by atoms with E-state index in [2.05, 4.69) is 5.32 Å². The van der Waals surface area contributed by atoms with E-state index in [1.165, 1.54) is 0 Å². The van der Waals surface area contributed by atoms with Gasteiger partial charge in [-0.15, -0.1) is 0 Å². The van der Waals surface area contributed by atoms with Gasteiger partial charge in [0, 0.05) is 17.3 Å². The molecule has 0 bridgehead atoms. The molecule has 0 heterocycles. The van der Waals surface area contributed by atoms with Gasteiger partial charge in [-0.3, -0.25) is 0 Å². The number of nitrogens with one attached hydrogen (secondary N) is 1. The summed E-state index contributed by atoms with van der Waals surface area (Å²) in [6, 6.07) is 11.2. The lowest BCUT2D eigenvalue weighted by atomic mass is 10.2. The molecule has 0 atom stereocenters. The Morgan fingerprint density at radius 3 is 2.19 bits per heavy atom. The summed E-state index contributed by atoms with van der Waals surface area (Å²) in [5.74, 6) is 0.551. The summed E-state index contributed by atoms with van der Waals surface area (Å²) >= 11 is 18.3. The van der Waals surface area contributed by atoms with Crippen molar-refractivity contribution in [3.05, 3.63) is 57.0 Å². The summed E-state index contributed by atoms with van der Waals surface area (Å²) in [5.41, 5.74) is 1.97. The van der Waals surface area contributed by atoms with Crippen LogP contribution >= 0.6 is 34.8 Å². The summed E-state index contributed by atoms with van der Waals surface area (Å²) < 4.78 is 5.55. The zero-order valence-corrected chi connectivity index (χ0v) is 13.9. The van der Waals surface area contributed by atoms with Gasteiger partial charge >= 0.3 is 0 Å². The number of anilines is 1. The molecule has 0 aliphatic heterocycles. The Bertz CT molecular complexity index is 576. The standard InChI is InChI=1S/C16H16Cl3NO/c1-2-7-21-16-14(18)8-11(9-15(16)19)10-20-13-5-3-12(17)4-6-13/h3-6,8-9,20H,2,7,10H2,1H3. The minimum absolute atomic E-state index is 0.531. The lowest BCUT2D eigenvalue weighted by Crippen LogP contribution is -2.01. The van der Waals surface area contributed by atoms with Crippen LogP contribution in [0.3, 0.4) is 0 Å². The van der Waals surface area contributed by atoms with Gasteiger partial charge in [0.25, 0.3) is 0 Å². The second-order valence-electron chi connectivity index (χ2n) is 4.60. The molecule has 0 amide bonds. The number of rotatable bonds is 6. The fourth-order valence-corrected chi connectivity index (χ4v) is 2.60. The first-order valence-electron chi connectivity index (χ1n) is 6.70. The predicted molar refractivity (Wildman–Crippen MR) is 91.0 cm³/mol. The SMILES string of the molecule is CCCOc1c(Cl)cc(CNc2ccc(Cl)cc2)cc1Cl. The zero-order chi connectivity index (χ0) is 15.2. The van der Waals surface area contributed by atoms with Crippen LogP contribution in [0.1, 0.15) is 18.9 Å². The average Bonchev–Trinajstić information content (AvgIpc) is 2.46. The van der Waals surface area contributed by atoms with Crippen LogP contribution in [0.2, 0.25) is 15.1 Å². The van der Waals surface area contributed by atoms with Crippen LogP contribution in [-0.2, 0) is 6.54 Å². The Hall–Kier alpha value is -1.09. The highest BCUT2D eigenvalue weighted by molar-refractivity contribution is 6.37. The van der Waals surface area contributed by atoms with Gasteiger partial charge in [0.2, 0.25) is 0 Å². The predicted octanol–water partition coefficient (Wildman–Crippen LogP) is 6.05. The molecule has 2 nitrogen and oxygen atoms in total. The number of ether oxygens (including phenoxy) is 1. The molecule has 5 heteroatoms. The molecule has 0 aliphatic carbocycles. The van der Waals surface area contributed by atoms with Gasteiger partial charge in [0.1, 0.15) is 0 Å². The summed E-state index contributed by atoms with van der Waals surface area (Å²) in [6.45, 7) is 3.25. The molecule has 0 spiro atoms. The second kappa shape index (κ2) is 7.79. The first-order chi connectivity index (χ1) is 10.1. The van der Waals surface area contributed by atoms with Crippen molar-refractivity contribution in [1.29, 1.82) is 0 Å². The lowest BCUT2D eigenvalue weighted by Gasteiger charge is -2.12. The van der Waals surface area contributed by atoms with Crippen molar-refractivity contribution in [2.45, 2.75) is 19.9 Å². The fraction of sp³-hybridized carbons (Fsp3) is 0.250. The molecule has 0 aliphatic rings. The van der Waals surface area contributed by atoms with Gasteiger partial charge in [-0.25, -0.2) is 0 Å². The van der Waals surface area contributed by atoms with Crippen molar-refractivity contribution in [3.63, 3.8) is 0 Å². The van der Waals surface area contributed by atoms with E-state index in [1.807, 2.05) is 43.3 Å². The smallest absolute Gasteiger partial charge is 0.156 e. The fourth-order valence-electron chi connectivity index (χ4n) is 1.83. The van der Waals surface area contributed by atoms with Crippen LogP contribution in [0.15, 0.2) is 36.4 Å². The molecule has 2 rings (SSSR count). The van der Waals surface area contributed by atoms with Gasteiger partial charge in [0.15, 0.2) is 5.75 Å². The highest BCUT2D eigenvalue weighted by Gasteiger charge is 2.09. The topological polar surface area (TPSA) is 21.3 Å². The third-order valence-corrected chi connectivity index (χ3v) is 3.66. The Kier molecular flexibility index (Phi) is 6.04. The molecular formula is C16H16Cl3NO. The third kappa shape index (κ3) is 4.70. The maximum Gasteiger partial charge on any atom is 0.156 e. The molecule has 21 heavy (non-hydrogen) atoms. The van der Waals surface area contributed by atoms with Crippen LogP contribution in [-0.4, -0.2) is 6.61 Å². The van der Waals surface area contributed by atoms with E-state index in [9.17, 15) is 0 Å². The molecule has 2 aromatic rings. The molecule has 0 unspecified atom stereocenters. The number of benzene rings is 2. The minimum Gasteiger partial charge on any atom is -0.490 e. The van der Waals surface area contributed by atoms with Gasteiger partial charge in [-0.2, -0.15) is 0 Å². The van der Waals surface area contributed by atoms with Crippen LogP contribution in [0.25, 0.3) is 0 Å². The van der Waals surface area contributed by atoms with Crippen molar-refractivity contribution < 1.29 is 4.74 Å². The molecule has 0 saturated carbocycles. The van der Waals surface area contributed by atoms with Crippen LogP contribution in [0.5, 0.6) is 5.75 Å². The van der Waals surface area contributed by atoms with Crippen molar-refractivity contribution >= 4 is 40.5 Å². The van der Waals surface area contributed by atoms with E-state index in [1.54, 1.807) is 0 Å². The van der Waals surface area contributed by atoms with Crippen LogP contribution in [0, 0.1) is 0 Å². The van der Waals surface area contributed by atoms with Gasteiger partial charge in [-0.05, 0) is 48.4 Å². The van der Waals surface area contributed by atoms with E-state index >= 15 is 0 Å². The van der Waals surface area contributed by atoms with E-state index < -0.39 is 0 Å². The first kappa shape index (κ1) is 16.3. The minimum atomic E-state index is 0.531. The van der Waals surface area contributed by atoms with E-state index in [0.717, 1.165) is 17.7 Å². The third-order valence-electron chi connectivity index (χ3n) is 2.85. The number of hydrogen-bond acceptors (Lipinski definition) is 2. The highest BCUT2D eigenvalue weighted by Crippen LogP contribution is 2.34. The first-order valence-corrected chi connectivity index (χ1v) is 7.83. The van der Waals surface area contributed by atoms with Gasteiger partial charge in [-0.1, -0.05) is 41.7 Å². The monoisotopic (exact) mass is 343 g/mol. The quantitative estimate of drug-likeness (QED) is 0.689. The Labute approximate surface area is 140 Å². The molecule has 1 N–H and O–H groups in total. The van der Waals surface area contributed by atoms with Crippen LogP contribution < -0.4 is 10.1 Å². The largest absolute Gasteiger partial charge is 0.490 e. The maximum absolute atomic E-state index is 6.22. The van der Waals surface area contributed by atoms with E-state index in [0.29, 0.717) is 34.0 Å². The second-order valence-corrected chi connectivity index (χ2v) is 5.85. The van der Waals surface area contributed by atoms with Crippen molar-refractivity contribution in [3.8, 4) is 5.75 Å². The molecular weight excluding hydrogens is 329 g/mol. The summed E-state index contributed by atoms with van der Waals surface area (Å²) in [6.07, 6.45) is 0.909. The lowest BCUT2D eigenvalue weighted by molar-refractivity contribution is 0.318. The van der Waals surface area contributed by atoms with Crippen molar-refractivity contribution in [1.82, 2.24) is 0 Å². The summed E-state index contributed by atoms with van der Waals surface area (Å²) in [4.78, 5) is 0. The molecule has 0 saturated heterocycles. The molecule has 0 radical (unpaired) electrons. The average molecular weight is 345 g/mol. The molecule has 2 aromatic carbocycles. The normalized spacial score (nSPS) is 10.5. The molecule has 112 valence electrons. The van der Waals surface area contributed by atoms with Crippen molar-refractivity contribution in [2.24, 2.45) is 0 Å². The number of hydrogen-bond donors (Lipinski definition) is 1. The van der Waals surface area contributed by atoms with Crippen molar-refractivity contribution in [2.75, 3.05) is 11.9 Å². The molecule has 0 aromatic heterocycles. The van der Waals surface area contributed by atoms with Crippen LogP contribution in [0.4, 0.5) is 5.69 Å².